The van der Waals surface area contributed by atoms with Gasteiger partial charge in [0.2, 0.25) is 10.0 Å². The van der Waals surface area contributed by atoms with E-state index in [1.807, 2.05) is 13.8 Å². The lowest BCUT2D eigenvalue weighted by atomic mass is 10.1. The van der Waals surface area contributed by atoms with Gasteiger partial charge >= 0.3 is 0 Å². The van der Waals surface area contributed by atoms with Crippen molar-refractivity contribution in [2.24, 2.45) is 0 Å². The van der Waals surface area contributed by atoms with Gasteiger partial charge in [-0.1, -0.05) is 0 Å². The molecule has 1 aliphatic heterocycles. The molecule has 104 valence electrons. The average Bonchev–Trinajstić information content (AvgIpc) is 2.63. The molecule has 0 aromatic heterocycles. The summed E-state index contributed by atoms with van der Waals surface area (Å²) in [5.74, 6) is -0.129. The van der Waals surface area contributed by atoms with Crippen LogP contribution in [0.3, 0.4) is 0 Å². The van der Waals surface area contributed by atoms with Gasteiger partial charge in [-0.05, 0) is 44.0 Å². The third-order valence-corrected chi connectivity index (χ3v) is 4.46. The highest BCUT2D eigenvalue weighted by molar-refractivity contribution is 7.92. The number of nitrogens with zero attached hydrogens (tertiary/aromatic N) is 1. The van der Waals surface area contributed by atoms with E-state index in [2.05, 4.69) is 5.32 Å². The zero-order valence-electron chi connectivity index (χ0n) is 11.3. The van der Waals surface area contributed by atoms with Crippen molar-refractivity contribution < 1.29 is 13.2 Å². The van der Waals surface area contributed by atoms with Gasteiger partial charge in [0.05, 0.1) is 11.9 Å². The molecule has 0 radical (unpaired) electrons. The first-order chi connectivity index (χ1) is 8.84. The number of fused-ring (bicyclic) bond motifs is 1. The van der Waals surface area contributed by atoms with Crippen LogP contribution in [-0.4, -0.2) is 33.2 Å². The Morgan fingerprint density at radius 1 is 1.47 bits per heavy atom. The molecule has 1 N–H and O–H groups in total. The highest BCUT2D eigenvalue weighted by atomic mass is 32.2. The number of carbonyl (C=O) groups excluding carboxylic acids is 1. The molecule has 0 spiro atoms. The lowest BCUT2D eigenvalue weighted by Crippen LogP contribution is -2.34. The summed E-state index contributed by atoms with van der Waals surface area (Å²) in [6.45, 7) is 4.30. The van der Waals surface area contributed by atoms with E-state index in [1.54, 1.807) is 18.2 Å². The molecular weight excluding hydrogens is 264 g/mol. The van der Waals surface area contributed by atoms with E-state index < -0.39 is 10.0 Å². The summed E-state index contributed by atoms with van der Waals surface area (Å²) >= 11 is 0. The second-order valence-corrected chi connectivity index (χ2v) is 6.67. The zero-order chi connectivity index (χ0) is 14.2. The summed E-state index contributed by atoms with van der Waals surface area (Å²) in [4.78, 5) is 11.8. The van der Waals surface area contributed by atoms with Gasteiger partial charge in [0.25, 0.3) is 5.91 Å². The average molecular weight is 282 g/mol. The van der Waals surface area contributed by atoms with E-state index in [1.165, 1.54) is 10.6 Å². The van der Waals surface area contributed by atoms with Gasteiger partial charge in [0.1, 0.15) is 0 Å². The number of nitrogens with one attached hydrogen (secondary N) is 1. The molecule has 0 fully saturated rings. The maximum absolute atomic E-state index is 11.8. The second-order valence-electron chi connectivity index (χ2n) is 4.81. The fourth-order valence-electron chi connectivity index (χ4n) is 2.51. The predicted molar refractivity (Wildman–Crippen MR) is 74.9 cm³/mol. The molecule has 0 saturated heterocycles. The summed E-state index contributed by atoms with van der Waals surface area (Å²) in [7, 11) is -3.28. The summed E-state index contributed by atoms with van der Waals surface area (Å²) in [5, 5.41) is 2.73. The van der Waals surface area contributed by atoms with Crippen molar-refractivity contribution >= 4 is 21.6 Å². The molecule has 1 atom stereocenters. The number of sulfonamides is 1. The van der Waals surface area contributed by atoms with Crippen LogP contribution in [0.2, 0.25) is 0 Å². The third kappa shape index (κ3) is 2.58. The van der Waals surface area contributed by atoms with E-state index in [9.17, 15) is 13.2 Å². The quantitative estimate of drug-likeness (QED) is 0.904. The van der Waals surface area contributed by atoms with E-state index in [-0.39, 0.29) is 11.9 Å². The number of amides is 1. The van der Waals surface area contributed by atoms with Crippen molar-refractivity contribution in [3.63, 3.8) is 0 Å². The Morgan fingerprint density at radius 2 is 2.16 bits per heavy atom. The third-order valence-electron chi connectivity index (χ3n) is 3.19. The van der Waals surface area contributed by atoms with Crippen LogP contribution < -0.4 is 9.62 Å². The van der Waals surface area contributed by atoms with E-state index in [0.717, 1.165) is 5.56 Å². The van der Waals surface area contributed by atoms with Gasteiger partial charge in [-0.3, -0.25) is 9.10 Å². The van der Waals surface area contributed by atoms with Crippen molar-refractivity contribution in [1.82, 2.24) is 5.32 Å². The van der Waals surface area contributed by atoms with E-state index >= 15 is 0 Å². The minimum atomic E-state index is -3.28. The molecule has 0 aliphatic carbocycles. The van der Waals surface area contributed by atoms with Crippen LogP contribution in [0.4, 0.5) is 5.69 Å². The minimum absolute atomic E-state index is 0.102. The lowest BCUT2D eigenvalue weighted by molar-refractivity contribution is 0.0955. The van der Waals surface area contributed by atoms with Crippen LogP contribution in [0.1, 0.15) is 29.8 Å². The largest absolute Gasteiger partial charge is 0.352 e. The smallest absolute Gasteiger partial charge is 0.251 e. The molecule has 6 heteroatoms. The molecule has 1 aromatic carbocycles. The highest BCUT2D eigenvalue weighted by Crippen LogP contribution is 2.34. The first kappa shape index (κ1) is 13.9. The van der Waals surface area contributed by atoms with Crippen LogP contribution in [-0.2, 0) is 16.4 Å². The van der Waals surface area contributed by atoms with Crippen molar-refractivity contribution in [2.45, 2.75) is 26.3 Å². The molecule has 1 aliphatic rings. The van der Waals surface area contributed by atoms with Crippen LogP contribution in [0.15, 0.2) is 18.2 Å². The van der Waals surface area contributed by atoms with Gasteiger partial charge in [0.15, 0.2) is 0 Å². The standard InChI is InChI=1S/C13H18N2O3S/c1-4-14-13(16)10-5-6-12-11(8-10)7-9(2)15(12)19(3,17)18/h5-6,8-9H,4,7H2,1-3H3,(H,14,16)/t9-/m1/s1. The molecule has 2 rings (SSSR count). The molecule has 1 heterocycles. The Labute approximate surface area is 113 Å². The van der Waals surface area contributed by atoms with Crippen molar-refractivity contribution in [3.05, 3.63) is 29.3 Å². The van der Waals surface area contributed by atoms with E-state index in [4.69, 9.17) is 0 Å². The highest BCUT2D eigenvalue weighted by Gasteiger charge is 2.32. The van der Waals surface area contributed by atoms with Crippen molar-refractivity contribution in [1.29, 1.82) is 0 Å². The van der Waals surface area contributed by atoms with Crippen LogP contribution >= 0.6 is 0 Å². The Bertz CT molecular complexity index is 610. The lowest BCUT2D eigenvalue weighted by Gasteiger charge is -2.21. The zero-order valence-corrected chi connectivity index (χ0v) is 12.1. The Balaban J connectivity index is 2.40. The monoisotopic (exact) mass is 282 g/mol. The predicted octanol–water partition coefficient (Wildman–Crippen LogP) is 1.15. The summed E-state index contributed by atoms with van der Waals surface area (Å²) in [5.41, 5.74) is 2.16. The fourth-order valence-corrected chi connectivity index (χ4v) is 3.78. The number of rotatable bonds is 3. The van der Waals surface area contributed by atoms with Gasteiger partial charge in [-0.25, -0.2) is 8.42 Å². The van der Waals surface area contributed by atoms with Gasteiger partial charge in [0, 0.05) is 18.2 Å². The molecule has 0 unspecified atom stereocenters. The molecule has 1 amide bonds. The minimum Gasteiger partial charge on any atom is -0.352 e. The number of carbonyl (C=O) groups is 1. The first-order valence-electron chi connectivity index (χ1n) is 6.25. The topological polar surface area (TPSA) is 66.5 Å². The van der Waals surface area contributed by atoms with Crippen molar-refractivity contribution in [2.75, 3.05) is 17.1 Å². The SMILES string of the molecule is CCNC(=O)c1ccc2c(c1)C[C@@H](C)N2S(C)(=O)=O. The summed E-state index contributed by atoms with van der Waals surface area (Å²) in [6, 6.07) is 5.06. The second kappa shape index (κ2) is 4.85. The van der Waals surface area contributed by atoms with Crippen molar-refractivity contribution in [3.8, 4) is 0 Å². The number of anilines is 1. The summed E-state index contributed by atoms with van der Waals surface area (Å²) in [6.07, 6.45) is 1.84. The van der Waals surface area contributed by atoms with E-state index in [0.29, 0.717) is 24.2 Å². The fraction of sp³-hybridized carbons (Fsp3) is 0.462. The van der Waals surface area contributed by atoms with Gasteiger partial charge < -0.3 is 5.32 Å². The Hall–Kier alpha value is -1.56. The Morgan fingerprint density at radius 3 is 2.74 bits per heavy atom. The molecule has 0 bridgehead atoms. The summed E-state index contributed by atoms with van der Waals surface area (Å²) < 4.78 is 25.0. The number of hydrogen-bond acceptors (Lipinski definition) is 3. The molecular formula is C13H18N2O3S. The maximum atomic E-state index is 11.8. The molecule has 0 saturated carbocycles. The number of benzene rings is 1. The van der Waals surface area contributed by atoms with Crippen LogP contribution in [0.5, 0.6) is 0 Å². The molecule has 5 nitrogen and oxygen atoms in total. The van der Waals surface area contributed by atoms with Crippen LogP contribution in [0.25, 0.3) is 0 Å². The molecule has 19 heavy (non-hydrogen) atoms. The molecule has 1 aromatic rings. The van der Waals surface area contributed by atoms with Gasteiger partial charge in [-0.2, -0.15) is 0 Å². The first-order valence-corrected chi connectivity index (χ1v) is 8.10. The normalized spacial score (nSPS) is 18.3. The van der Waals surface area contributed by atoms with Crippen LogP contribution in [0, 0.1) is 0 Å². The maximum Gasteiger partial charge on any atom is 0.251 e. The Kier molecular flexibility index (Phi) is 3.54. The number of hydrogen-bond donors (Lipinski definition) is 1. The van der Waals surface area contributed by atoms with Gasteiger partial charge in [-0.15, -0.1) is 0 Å².